The molecule has 0 aliphatic heterocycles. The first-order valence-electron chi connectivity index (χ1n) is 8.91. The Hall–Kier alpha value is -1.16. The Labute approximate surface area is 187 Å². The Balaban J connectivity index is 1.47. The predicted octanol–water partition coefficient (Wildman–Crippen LogP) is 5.86. The summed E-state index contributed by atoms with van der Waals surface area (Å²) in [6, 6.07) is 14.7. The normalized spacial score (nSPS) is 10.4. The summed E-state index contributed by atoms with van der Waals surface area (Å²) in [5, 5.41) is 0. The number of esters is 2. The van der Waals surface area contributed by atoms with E-state index in [9.17, 15) is 9.59 Å². The summed E-state index contributed by atoms with van der Waals surface area (Å²) in [7, 11) is 0. The van der Waals surface area contributed by atoms with Crippen molar-refractivity contribution in [3.05, 3.63) is 66.8 Å². The summed E-state index contributed by atoms with van der Waals surface area (Å²) < 4.78 is 12.7. The molecule has 0 fully saturated rings. The molecule has 0 spiro atoms. The van der Waals surface area contributed by atoms with E-state index in [1.54, 1.807) is 24.3 Å². The molecule has 0 aliphatic carbocycles. The molecule has 0 radical (unpaired) electrons. The number of ether oxygens (including phenoxy) is 2. The standard InChI is InChI=1S/C21H22I2O4/c22-18-10-6-16(7-11-18)20(24)26-14-4-2-1-3-5-15-27-21(25)17-8-12-19(23)13-9-17/h6-13H,1-5,14-15H2. The van der Waals surface area contributed by atoms with Crippen LogP contribution in [0.5, 0.6) is 0 Å². The Bertz CT molecular complexity index is 663. The lowest BCUT2D eigenvalue weighted by molar-refractivity contribution is 0.0496. The van der Waals surface area contributed by atoms with Crippen molar-refractivity contribution in [3.63, 3.8) is 0 Å². The molecule has 27 heavy (non-hydrogen) atoms. The first kappa shape index (κ1) is 22.1. The highest BCUT2D eigenvalue weighted by atomic mass is 127. The van der Waals surface area contributed by atoms with Gasteiger partial charge in [-0.1, -0.05) is 19.3 Å². The van der Waals surface area contributed by atoms with Gasteiger partial charge in [-0.2, -0.15) is 0 Å². The molecule has 4 nitrogen and oxygen atoms in total. The number of rotatable bonds is 10. The third-order valence-corrected chi connectivity index (χ3v) is 5.35. The maximum Gasteiger partial charge on any atom is 0.338 e. The summed E-state index contributed by atoms with van der Waals surface area (Å²) in [5.74, 6) is -0.539. The summed E-state index contributed by atoms with van der Waals surface area (Å²) in [4.78, 5) is 23.7. The van der Waals surface area contributed by atoms with E-state index in [-0.39, 0.29) is 11.9 Å². The van der Waals surface area contributed by atoms with E-state index in [2.05, 4.69) is 45.2 Å². The Morgan fingerprint density at radius 1 is 0.593 bits per heavy atom. The minimum Gasteiger partial charge on any atom is -0.462 e. The van der Waals surface area contributed by atoms with Gasteiger partial charge in [0, 0.05) is 7.14 Å². The molecule has 2 rings (SSSR count). The summed E-state index contributed by atoms with van der Waals surface area (Å²) in [5.41, 5.74) is 1.18. The van der Waals surface area contributed by atoms with E-state index < -0.39 is 0 Å². The smallest absolute Gasteiger partial charge is 0.338 e. The van der Waals surface area contributed by atoms with Gasteiger partial charge in [0.05, 0.1) is 24.3 Å². The fourth-order valence-electron chi connectivity index (χ4n) is 2.40. The molecule has 2 aromatic rings. The highest BCUT2D eigenvalue weighted by Crippen LogP contribution is 2.10. The summed E-state index contributed by atoms with van der Waals surface area (Å²) >= 11 is 4.40. The average molecular weight is 592 g/mol. The van der Waals surface area contributed by atoms with Gasteiger partial charge in [-0.3, -0.25) is 0 Å². The van der Waals surface area contributed by atoms with Gasteiger partial charge in [-0.15, -0.1) is 0 Å². The molecule has 6 heteroatoms. The first-order chi connectivity index (χ1) is 13.1. The number of carbonyl (C=O) groups excluding carboxylic acids is 2. The zero-order valence-electron chi connectivity index (χ0n) is 15.0. The predicted molar refractivity (Wildman–Crippen MR) is 122 cm³/mol. The average Bonchev–Trinajstić information content (AvgIpc) is 2.67. The Kier molecular flexibility index (Phi) is 10.1. The number of carbonyl (C=O) groups is 2. The lowest BCUT2D eigenvalue weighted by Gasteiger charge is -2.06. The van der Waals surface area contributed by atoms with Crippen LogP contribution in [0, 0.1) is 7.14 Å². The molecule has 2 aromatic carbocycles. The van der Waals surface area contributed by atoms with Gasteiger partial charge in [0.25, 0.3) is 0 Å². The molecule has 0 bridgehead atoms. The van der Waals surface area contributed by atoms with Gasteiger partial charge in [0.15, 0.2) is 0 Å². The number of hydrogen-bond donors (Lipinski definition) is 0. The molecule has 0 N–H and O–H groups in total. The number of hydrogen-bond acceptors (Lipinski definition) is 4. The maximum absolute atomic E-state index is 11.9. The van der Waals surface area contributed by atoms with Crippen molar-refractivity contribution in [3.8, 4) is 0 Å². The van der Waals surface area contributed by atoms with Crippen molar-refractivity contribution >= 4 is 57.1 Å². The van der Waals surface area contributed by atoms with E-state index in [1.165, 1.54) is 0 Å². The van der Waals surface area contributed by atoms with E-state index in [0.717, 1.165) is 39.2 Å². The quantitative estimate of drug-likeness (QED) is 0.197. The third-order valence-electron chi connectivity index (χ3n) is 3.91. The van der Waals surface area contributed by atoms with E-state index in [1.807, 2.05) is 24.3 Å². The van der Waals surface area contributed by atoms with Gasteiger partial charge in [0.1, 0.15) is 0 Å². The molecular weight excluding hydrogens is 570 g/mol. The third kappa shape index (κ3) is 8.59. The Morgan fingerprint density at radius 2 is 0.926 bits per heavy atom. The van der Waals surface area contributed by atoms with Crippen LogP contribution in [0.3, 0.4) is 0 Å². The molecule has 0 saturated heterocycles. The lowest BCUT2D eigenvalue weighted by atomic mass is 10.1. The molecule has 0 heterocycles. The fourth-order valence-corrected chi connectivity index (χ4v) is 3.12. The van der Waals surface area contributed by atoms with Crippen molar-refractivity contribution in [1.29, 1.82) is 0 Å². The van der Waals surface area contributed by atoms with Gasteiger partial charge in [-0.05, 0) is 107 Å². The highest BCUT2D eigenvalue weighted by Gasteiger charge is 2.07. The topological polar surface area (TPSA) is 52.6 Å². The minimum atomic E-state index is -0.270. The van der Waals surface area contributed by atoms with Gasteiger partial charge >= 0.3 is 11.9 Å². The van der Waals surface area contributed by atoms with Crippen LogP contribution in [0.1, 0.15) is 52.8 Å². The first-order valence-corrected chi connectivity index (χ1v) is 11.1. The number of unbranched alkanes of at least 4 members (excludes halogenated alkanes) is 4. The molecule has 144 valence electrons. The molecule has 0 atom stereocenters. The van der Waals surface area contributed by atoms with E-state index >= 15 is 0 Å². The number of halogens is 2. The van der Waals surface area contributed by atoms with Crippen LogP contribution in [0.2, 0.25) is 0 Å². The van der Waals surface area contributed by atoms with Crippen LogP contribution < -0.4 is 0 Å². The number of benzene rings is 2. The van der Waals surface area contributed by atoms with Gasteiger partial charge < -0.3 is 9.47 Å². The van der Waals surface area contributed by atoms with Crippen LogP contribution in [0.25, 0.3) is 0 Å². The van der Waals surface area contributed by atoms with Crippen LogP contribution in [-0.2, 0) is 9.47 Å². The fraction of sp³-hybridized carbons (Fsp3) is 0.333. The summed E-state index contributed by atoms with van der Waals surface area (Å²) in [6.07, 6.45) is 4.70. The second-order valence-electron chi connectivity index (χ2n) is 6.05. The zero-order chi connectivity index (χ0) is 19.5. The molecule has 0 aliphatic rings. The highest BCUT2D eigenvalue weighted by molar-refractivity contribution is 14.1. The van der Waals surface area contributed by atoms with Crippen molar-refractivity contribution < 1.29 is 19.1 Å². The van der Waals surface area contributed by atoms with Crippen molar-refractivity contribution in [2.75, 3.05) is 13.2 Å². The van der Waals surface area contributed by atoms with E-state index in [4.69, 9.17) is 9.47 Å². The molecule has 0 aromatic heterocycles. The van der Waals surface area contributed by atoms with Crippen LogP contribution in [-0.4, -0.2) is 25.2 Å². The maximum atomic E-state index is 11.9. The van der Waals surface area contributed by atoms with Crippen LogP contribution in [0.15, 0.2) is 48.5 Å². The van der Waals surface area contributed by atoms with Crippen molar-refractivity contribution in [2.45, 2.75) is 32.1 Å². The van der Waals surface area contributed by atoms with E-state index in [0.29, 0.717) is 24.3 Å². The second-order valence-corrected chi connectivity index (χ2v) is 8.54. The second kappa shape index (κ2) is 12.3. The molecule has 0 unspecified atom stereocenters. The molecule has 0 saturated carbocycles. The van der Waals surface area contributed by atoms with Crippen LogP contribution in [0.4, 0.5) is 0 Å². The zero-order valence-corrected chi connectivity index (χ0v) is 19.3. The van der Waals surface area contributed by atoms with Gasteiger partial charge in [-0.25, -0.2) is 9.59 Å². The SMILES string of the molecule is O=C(OCCCCCCCOC(=O)c1ccc(I)cc1)c1ccc(I)cc1. The largest absolute Gasteiger partial charge is 0.462 e. The van der Waals surface area contributed by atoms with Crippen LogP contribution >= 0.6 is 45.2 Å². The van der Waals surface area contributed by atoms with Crippen molar-refractivity contribution in [1.82, 2.24) is 0 Å². The monoisotopic (exact) mass is 592 g/mol. The summed E-state index contributed by atoms with van der Waals surface area (Å²) in [6.45, 7) is 0.874. The Morgan fingerprint density at radius 3 is 1.30 bits per heavy atom. The molecular formula is C21H22I2O4. The van der Waals surface area contributed by atoms with Gasteiger partial charge in [0.2, 0.25) is 0 Å². The minimum absolute atomic E-state index is 0.270. The lowest BCUT2D eigenvalue weighted by Crippen LogP contribution is -2.07. The molecule has 0 amide bonds. The van der Waals surface area contributed by atoms with Crippen molar-refractivity contribution in [2.24, 2.45) is 0 Å².